The molecule has 2 fully saturated rings. The van der Waals surface area contributed by atoms with Crippen LogP contribution in [0.5, 0.6) is 11.5 Å². The van der Waals surface area contributed by atoms with Gasteiger partial charge in [0.1, 0.15) is 11.5 Å². The average molecular weight is 348 g/mol. The van der Waals surface area contributed by atoms with Gasteiger partial charge in [-0.25, -0.2) is 0 Å². The maximum atomic E-state index is 12.3. The maximum absolute atomic E-state index is 12.3. The normalized spacial score (nSPS) is 23.6. The minimum Gasteiger partial charge on any atom is -0.497 e. The largest absolute Gasteiger partial charge is 0.497 e. The number of hydrogen-bond acceptors (Lipinski definition) is 5. The van der Waals surface area contributed by atoms with Crippen LogP contribution in [0, 0.1) is 0 Å². The molecule has 0 saturated carbocycles. The van der Waals surface area contributed by atoms with E-state index in [4.69, 9.17) is 14.2 Å². The van der Waals surface area contributed by atoms with Crippen molar-refractivity contribution in [3.05, 3.63) is 23.8 Å². The Morgan fingerprint density at radius 2 is 2.16 bits per heavy atom. The van der Waals surface area contributed by atoms with Crippen molar-refractivity contribution < 1.29 is 19.0 Å². The number of amides is 1. The Hall–Kier alpha value is -1.79. The third-order valence-corrected chi connectivity index (χ3v) is 5.06. The zero-order valence-corrected chi connectivity index (χ0v) is 15.1. The number of methoxy groups -OCH3 is 2. The van der Waals surface area contributed by atoms with Crippen LogP contribution in [0.4, 0.5) is 0 Å². The van der Waals surface area contributed by atoms with Crippen molar-refractivity contribution in [3.63, 3.8) is 0 Å². The van der Waals surface area contributed by atoms with E-state index in [1.165, 1.54) is 0 Å². The van der Waals surface area contributed by atoms with E-state index in [0.717, 1.165) is 55.9 Å². The van der Waals surface area contributed by atoms with Crippen LogP contribution in [-0.4, -0.2) is 57.4 Å². The molecule has 0 radical (unpaired) electrons. The minimum atomic E-state index is 0.0647. The summed E-state index contributed by atoms with van der Waals surface area (Å²) in [6.07, 6.45) is 4.42. The molecule has 138 valence electrons. The number of hydrogen-bond donors (Lipinski definition) is 1. The Bertz CT molecular complexity index is 587. The van der Waals surface area contributed by atoms with Crippen molar-refractivity contribution >= 4 is 5.91 Å². The second-order valence-electron chi connectivity index (χ2n) is 6.68. The fourth-order valence-corrected chi connectivity index (χ4v) is 3.73. The molecular weight excluding hydrogens is 320 g/mol. The van der Waals surface area contributed by atoms with Crippen LogP contribution in [0.1, 0.15) is 37.3 Å². The van der Waals surface area contributed by atoms with Crippen molar-refractivity contribution in [2.75, 3.05) is 40.5 Å². The molecule has 1 aromatic carbocycles. The highest BCUT2D eigenvalue weighted by Crippen LogP contribution is 2.38. The zero-order valence-electron chi connectivity index (χ0n) is 15.1. The van der Waals surface area contributed by atoms with Crippen molar-refractivity contribution in [2.24, 2.45) is 0 Å². The first-order chi connectivity index (χ1) is 12.2. The Kier molecular flexibility index (Phi) is 6.15. The quantitative estimate of drug-likeness (QED) is 0.818. The molecule has 2 atom stereocenters. The number of likely N-dealkylation sites (tertiary alicyclic amines) is 1. The predicted molar refractivity (Wildman–Crippen MR) is 95.1 cm³/mol. The average Bonchev–Trinajstić information content (AvgIpc) is 3.31. The third kappa shape index (κ3) is 4.44. The van der Waals surface area contributed by atoms with Crippen LogP contribution in [0.2, 0.25) is 0 Å². The lowest BCUT2D eigenvalue weighted by Crippen LogP contribution is -2.40. The summed E-state index contributed by atoms with van der Waals surface area (Å²) in [4.78, 5) is 14.6. The standard InChI is InChI=1S/C19H28N2O4/c1-23-14-7-8-16(18(11-14)24-2)17-6-3-9-21(17)13-19(22)20-12-15-5-4-10-25-15/h7-8,11,15,17H,3-6,9-10,12-13H2,1-2H3,(H,20,22)/t15-,17-/m0/s1. The highest BCUT2D eigenvalue weighted by atomic mass is 16.5. The fraction of sp³-hybridized carbons (Fsp3) is 0.632. The van der Waals surface area contributed by atoms with Crippen molar-refractivity contribution in [2.45, 2.75) is 37.8 Å². The van der Waals surface area contributed by atoms with Gasteiger partial charge in [-0.3, -0.25) is 9.69 Å². The number of ether oxygens (including phenoxy) is 3. The molecule has 1 N–H and O–H groups in total. The number of nitrogens with zero attached hydrogens (tertiary/aromatic N) is 1. The van der Waals surface area contributed by atoms with E-state index in [1.807, 2.05) is 18.2 Å². The molecule has 0 bridgehead atoms. The van der Waals surface area contributed by atoms with Gasteiger partial charge in [0.2, 0.25) is 5.91 Å². The Morgan fingerprint density at radius 1 is 1.28 bits per heavy atom. The van der Waals surface area contributed by atoms with Crippen LogP contribution in [0.3, 0.4) is 0 Å². The lowest BCUT2D eigenvalue weighted by atomic mass is 10.0. The smallest absolute Gasteiger partial charge is 0.234 e. The Labute approximate surface area is 149 Å². The van der Waals surface area contributed by atoms with Gasteiger partial charge in [-0.15, -0.1) is 0 Å². The molecular formula is C19H28N2O4. The molecule has 2 saturated heterocycles. The highest BCUT2D eigenvalue weighted by Gasteiger charge is 2.30. The van der Waals surface area contributed by atoms with E-state index in [0.29, 0.717) is 13.1 Å². The molecule has 25 heavy (non-hydrogen) atoms. The van der Waals surface area contributed by atoms with E-state index in [9.17, 15) is 4.79 Å². The van der Waals surface area contributed by atoms with Crippen LogP contribution >= 0.6 is 0 Å². The molecule has 0 unspecified atom stereocenters. The van der Waals surface area contributed by atoms with E-state index >= 15 is 0 Å². The van der Waals surface area contributed by atoms with Gasteiger partial charge in [0.15, 0.2) is 0 Å². The monoisotopic (exact) mass is 348 g/mol. The molecule has 0 aromatic heterocycles. The lowest BCUT2D eigenvalue weighted by molar-refractivity contribution is -0.123. The molecule has 2 aliphatic heterocycles. The van der Waals surface area contributed by atoms with E-state index in [1.54, 1.807) is 14.2 Å². The van der Waals surface area contributed by atoms with Crippen LogP contribution in [0.25, 0.3) is 0 Å². The molecule has 0 spiro atoms. The number of carbonyl (C=O) groups is 1. The minimum absolute atomic E-state index is 0.0647. The number of carbonyl (C=O) groups excluding carboxylic acids is 1. The molecule has 6 heteroatoms. The van der Waals surface area contributed by atoms with Gasteiger partial charge >= 0.3 is 0 Å². The second-order valence-corrected chi connectivity index (χ2v) is 6.68. The number of nitrogens with one attached hydrogen (secondary N) is 1. The molecule has 2 aliphatic rings. The first-order valence-corrected chi connectivity index (χ1v) is 9.05. The number of rotatable bonds is 7. The van der Waals surface area contributed by atoms with Gasteiger partial charge in [-0.2, -0.15) is 0 Å². The first-order valence-electron chi connectivity index (χ1n) is 9.05. The van der Waals surface area contributed by atoms with Crippen molar-refractivity contribution in [1.82, 2.24) is 10.2 Å². The second kappa shape index (κ2) is 8.54. The van der Waals surface area contributed by atoms with Crippen LogP contribution in [-0.2, 0) is 9.53 Å². The molecule has 6 nitrogen and oxygen atoms in total. The predicted octanol–water partition coefficient (Wildman–Crippen LogP) is 2.14. The molecule has 0 aliphatic carbocycles. The summed E-state index contributed by atoms with van der Waals surface area (Å²) >= 11 is 0. The molecule has 1 aromatic rings. The van der Waals surface area contributed by atoms with Gasteiger partial charge in [0.25, 0.3) is 0 Å². The van der Waals surface area contributed by atoms with E-state index in [-0.39, 0.29) is 18.1 Å². The summed E-state index contributed by atoms with van der Waals surface area (Å²) in [5.74, 6) is 1.66. The molecule has 1 amide bonds. The van der Waals surface area contributed by atoms with Gasteiger partial charge in [-0.1, -0.05) is 6.07 Å². The summed E-state index contributed by atoms with van der Waals surface area (Å²) in [6, 6.07) is 6.11. The van der Waals surface area contributed by atoms with Gasteiger partial charge in [0.05, 0.1) is 26.9 Å². The topological polar surface area (TPSA) is 60.0 Å². The van der Waals surface area contributed by atoms with Crippen LogP contribution < -0.4 is 14.8 Å². The summed E-state index contributed by atoms with van der Waals surface area (Å²) in [6.45, 7) is 2.76. The Balaban J connectivity index is 1.61. The van der Waals surface area contributed by atoms with Crippen LogP contribution in [0.15, 0.2) is 18.2 Å². The van der Waals surface area contributed by atoms with E-state index < -0.39 is 0 Å². The summed E-state index contributed by atoms with van der Waals surface area (Å²) < 4.78 is 16.4. The van der Waals surface area contributed by atoms with Gasteiger partial charge in [-0.05, 0) is 38.3 Å². The van der Waals surface area contributed by atoms with Crippen molar-refractivity contribution in [3.8, 4) is 11.5 Å². The number of benzene rings is 1. The van der Waals surface area contributed by atoms with E-state index in [2.05, 4.69) is 10.2 Å². The highest BCUT2D eigenvalue weighted by molar-refractivity contribution is 5.78. The third-order valence-electron chi connectivity index (χ3n) is 5.06. The SMILES string of the molecule is COc1ccc([C@@H]2CCCN2CC(=O)NC[C@@H]2CCCO2)c(OC)c1. The summed E-state index contributed by atoms with van der Waals surface area (Å²) in [7, 11) is 3.32. The zero-order chi connectivity index (χ0) is 17.6. The molecule has 2 heterocycles. The first kappa shape index (κ1) is 18.0. The van der Waals surface area contributed by atoms with Gasteiger partial charge < -0.3 is 19.5 Å². The lowest BCUT2D eigenvalue weighted by Gasteiger charge is -2.26. The summed E-state index contributed by atoms with van der Waals surface area (Å²) in [5, 5.41) is 3.01. The van der Waals surface area contributed by atoms with Gasteiger partial charge in [0, 0.05) is 30.8 Å². The fourth-order valence-electron chi connectivity index (χ4n) is 3.73. The molecule has 3 rings (SSSR count). The maximum Gasteiger partial charge on any atom is 0.234 e. The van der Waals surface area contributed by atoms with Crippen molar-refractivity contribution in [1.29, 1.82) is 0 Å². The Morgan fingerprint density at radius 3 is 2.88 bits per heavy atom. The summed E-state index contributed by atoms with van der Waals surface area (Å²) in [5.41, 5.74) is 1.12.